The normalized spacial score (nSPS) is 27.3. The highest BCUT2D eigenvalue weighted by Crippen LogP contribution is 2.27. The molecular weight excluding hydrogens is 308 g/mol. The van der Waals surface area contributed by atoms with Crippen molar-refractivity contribution < 1.29 is 19.7 Å². The number of hydrogen-bond donors (Lipinski definition) is 4. The van der Waals surface area contributed by atoms with Crippen LogP contribution in [0.3, 0.4) is 0 Å². The molecule has 0 aliphatic carbocycles. The van der Waals surface area contributed by atoms with Crippen LogP contribution in [0.4, 0.5) is 0 Å². The summed E-state index contributed by atoms with van der Waals surface area (Å²) in [6.07, 6.45) is -3.49. The van der Waals surface area contributed by atoms with E-state index in [1.807, 2.05) is 4.98 Å². The first kappa shape index (κ1) is 17.3. The Labute approximate surface area is 131 Å². The molecule has 10 nitrogen and oxygen atoms in total. The number of nitrogens with one attached hydrogen (secondary N) is 2. The molecule has 0 unspecified atom stereocenters. The van der Waals surface area contributed by atoms with Gasteiger partial charge in [-0.25, -0.2) is 4.79 Å². The summed E-state index contributed by atoms with van der Waals surface area (Å²) in [5.74, 6) is -0.259. The Bertz CT molecular complexity index is 669. The maximum absolute atomic E-state index is 11.7. The second-order valence-corrected chi connectivity index (χ2v) is 5.61. The zero-order valence-corrected chi connectivity index (χ0v) is 12.8. The molecule has 2 heterocycles. The van der Waals surface area contributed by atoms with Crippen LogP contribution in [0.5, 0.6) is 0 Å². The molecule has 10 heteroatoms. The van der Waals surface area contributed by atoms with E-state index in [0.29, 0.717) is 0 Å². The van der Waals surface area contributed by atoms with E-state index in [1.165, 1.54) is 6.20 Å². The van der Waals surface area contributed by atoms with E-state index < -0.39 is 35.8 Å². The summed E-state index contributed by atoms with van der Waals surface area (Å²) in [7, 11) is 3.48. The van der Waals surface area contributed by atoms with Gasteiger partial charge in [-0.1, -0.05) is 0 Å². The number of likely N-dealkylation sites (N-methyl/N-ethyl adjacent to an activating group) is 1. The Hall–Kier alpha value is -2.01. The fourth-order valence-corrected chi connectivity index (χ4v) is 2.31. The van der Waals surface area contributed by atoms with Crippen molar-refractivity contribution in [3.63, 3.8) is 0 Å². The van der Waals surface area contributed by atoms with E-state index >= 15 is 0 Å². The van der Waals surface area contributed by atoms with E-state index in [9.17, 15) is 24.6 Å². The number of aromatic amines is 1. The minimum Gasteiger partial charge on any atom is -0.387 e. The summed E-state index contributed by atoms with van der Waals surface area (Å²) in [5, 5.41) is 22.6. The molecule has 1 aliphatic rings. The Kier molecular flexibility index (Phi) is 5.31. The van der Waals surface area contributed by atoms with Crippen molar-refractivity contribution >= 4 is 5.91 Å². The van der Waals surface area contributed by atoms with Gasteiger partial charge in [-0.3, -0.25) is 19.1 Å². The Balaban J connectivity index is 2.05. The first-order valence-electron chi connectivity index (χ1n) is 7.04. The molecular formula is C13H20N4O6. The quantitative estimate of drug-likeness (QED) is 0.447. The largest absolute Gasteiger partial charge is 0.387 e. The molecule has 0 spiro atoms. The van der Waals surface area contributed by atoms with Crippen molar-refractivity contribution in [2.45, 2.75) is 24.5 Å². The van der Waals surface area contributed by atoms with Gasteiger partial charge in [0, 0.05) is 18.8 Å². The van der Waals surface area contributed by atoms with Crippen LogP contribution in [0.1, 0.15) is 6.23 Å². The van der Waals surface area contributed by atoms with E-state index in [0.717, 1.165) is 10.6 Å². The van der Waals surface area contributed by atoms with Crippen LogP contribution in [0.25, 0.3) is 0 Å². The molecule has 0 saturated carbocycles. The van der Waals surface area contributed by atoms with Crippen LogP contribution < -0.4 is 16.6 Å². The lowest BCUT2D eigenvalue weighted by Crippen LogP contribution is -2.42. The van der Waals surface area contributed by atoms with Gasteiger partial charge in [0.2, 0.25) is 5.91 Å². The number of aliphatic hydroxyl groups excluding tert-OH is 2. The van der Waals surface area contributed by atoms with Gasteiger partial charge < -0.3 is 25.2 Å². The van der Waals surface area contributed by atoms with E-state index in [-0.39, 0.29) is 19.0 Å². The number of carbonyl (C=O) groups is 1. The number of nitrogens with zero attached hydrogens (tertiary/aromatic N) is 2. The Morgan fingerprint density at radius 2 is 2.09 bits per heavy atom. The van der Waals surface area contributed by atoms with E-state index in [4.69, 9.17) is 4.74 Å². The summed E-state index contributed by atoms with van der Waals surface area (Å²) in [6, 6.07) is 1.11. The number of aromatic nitrogens is 2. The highest BCUT2D eigenvalue weighted by molar-refractivity contribution is 5.77. The van der Waals surface area contributed by atoms with Crippen molar-refractivity contribution in [2.75, 3.05) is 27.2 Å². The van der Waals surface area contributed by atoms with Gasteiger partial charge in [-0.15, -0.1) is 0 Å². The van der Waals surface area contributed by atoms with Crippen LogP contribution in [0, 0.1) is 0 Å². The molecule has 1 saturated heterocycles. The van der Waals surface area contributed by atoms with Gasteiger partial charge in [0.15, 0.2) is 6.23 Å². The Morgan fingerprint density at radius 1 is 1.39 bits per heavy atom. The third-order valence-electron chi connectivity index (χ3n) is 3.42. The predicted molar refractivity (Wildman–Crippen MR) is 78.8 cm³/mol. The first-order valence-corrected chi connectivity index (χ1v) is 7.04. The molecule has 4 N–H and O–H groups in total. The van der Waals surface area contributed by atoms with Crippen LogP contribution in [0.15, 0.2) is 21.9 Å². The maximum Gasteiger partial charge on any atom is 0.330 e. The molecule has 0 aromatic carbocycles. The predicted octanol–water partition coefficient (Wildman–Crippen LogP) is -3.17. The number of H-pyrrole nitrogens is 1. The first-order chi connectivity index (χ1) is 10.8. The second-order valence-electron chi connectivity index (χ2n) is 5.61. The molecule has 0 bridgehead atoms. The lowest BCUT2D eigenvalue weighted by molar-refractivity contribution is -0.122. The van der Waals surface area contributed by atoms with Crippen molar-refractivity contribution in [1.82, 2.24) is 19.8 Å². The minimum atomic E-state index is -1.37. The second kappa shape index (κ2) is 7.04. The molecule has 1 aromatic rings. The molecule has 2 rings (SSSR count). The molecule has 1 fully saturated rings. The summed E-state index contributed by atoms with van der Waals surface area (Å²) in [4.78, 5) is 38.1. The summed E-state index contributed by atoms with van der Waals surface area (Å²) in [5.41, 5.74) is -1.34. The number of amides is 1. The monoisotopic (exact) mass is 328 g/mol. The van der Waals surface area contributed by atoms with E-state index in [1.54, 1.807) is 19.0 Å². The van der Waals surface area contributed by atoms with Crippen LogP contribution in [0.2, 0.25) is 0 Å². The topological polar surface area (TPSA) is 137 Å². The number of rotatable bonds is 5. The van der Waals surface area contributed by atoms with Gasteiger partial charge in [0.25, 0.3) is 5.56 Å². The maximum atomic E-state index is 11.7. The van der Waals surface area contributed by atoms with Crippen LogP contribution >= 0.6 is 0 Å². The highest BCUT2D eigenvalue weighted by Gasteiger charge is 2.44. The SMILES string of the molecule is CN(C)CC(=O)NC[C@H]1O[C@@H](n2ccc(=O)[nH]c2=O)[C@@H](O)[C@@H]1O. The molecule has 128 valence electrons. The third kappa shape index (κ3) is 4.05. The highest BCUT2D eigenvalue weighted by atomic mass is 16.6. The van der Waals surface area contributed by atoms with Gasteiger partial charge in [-0.05, 0) is 14.1 Å². The lowest BCUT2D eigenvalue weighted by atomic mass is 10.1. The summed E-state index contributed by atoms with van der Waals surface area (Å²) in [6.45, 7) is 0.160. The number of ether oxygens (including phenoxy) is 1. The fraction of sp³-hybridized carbons (Fsp3) is 0.615. The van der Waals surface area contributed by atoms with Crippen LogP contribution in [-0.2, 0) is 9.53 Å². The van der Waals surface area contributed by atoms with Crippen molar-refractivity contribution in [2.24, 2.45) is 0 Å². The van der Waals surface area contributed by atoms with Gasteiger partial charge in [-0.2, -0.15) is 0 Å². The molecule has 1 aliphatic heterocycles. The number of hydrogen-bond acceptors (Lipinski definition) is 7. The van der Waals surface area contributed by atoms with Crippen molar-refractivity contribution in [3.05, 3.63) is 33.1 Å². The number of carbonyl (C=O) groups excluding carboxylic acids is 1. The van der Waals surface area contributed by atoms with Gasteiger partial charge >= 0.3 is 5.69 Å². The molecule has 1 amide bonds. The number of aliphatic hydroxyl groups is 2. The van der Waals surface area contributed by atoms with Gasteiger partial charge in [0.1, 0.15) is 18.3 Å². The van der Waals surface area contributed by atoms with Crippen molar-refractivity contribution in [1.29, 1.82) is 0 Å². The fourth-order valence-electron chi connectivity index (χ4n) is 2.31. The van der Waals surface area contributed by atoms with Gasteiger partial charge in [0.05, 0.1) is 6.54 Å². The van der Waals surface area contributed by atoms with Crippen LogP contribution in [-0.4, -0.2) is 76.1 Å². The lowest BCUT2D eigenvalue weighted by Gasteiger charge is -2.17. The molecule has 1 aromatic heterocycles. The zero-order chi connectivity index (χ0) is 17.1. The van der Waals surface area contributed by atoms with E-state index in [2.05, 4.69) is 5.32 Å². The summed E-state index contributed by atoms with van der Waals surface area (Å²) >= 11 is 0. The molecule has 23 heavy (non-hydrogen) atoms. The average Bonchev–Trinajstić information content (AvgIpc) is 2.73. The van der Waals surface area contributed by atoms with Crippen molar-refractivity contribution in [3.8, 4) is 0 Å². The standard InChI is InChI=1S/C13H20N4O6/c1-16(2)6-9(19)14-5-7-10(20)11(21)12(23-7)17-4-3-8(18)15-13(17)22/h3-4,7,10-12,20-21H,5-6H2,1-2H3,(H,14,19)(H,15,18,22)/t7-,10-,11+,12-/m1/s1. The molecule has 0 radical (unpaired) electrons. The smallest absolute Gasteiger partial charge is 0.330 e. The Morgan fingerprint density at radius 3 is 2.70 bits per heavy atom. The minimum absolute atomic E-state index is 0.0144. The zero-order valence-electron chi connectivity index (χ0n) is 12.8. The third-order valence-corrected chi connectivity index (χ3v) is 3.42. The molecule has 4 atom stereocenters. The summed E-state index contributed by atoms with van der Waals surface area (Å²) < 4.78 is 6.44. The average molecular weight is 328 g/mol.